The molecule has 15 heavy (non-hydrogen) atoms. The second kappa shape index (κ2) is 6.53. The maximum Gasteiger partial charge on any atom is 0.123 e. The Bertz CT molecular complexity index is 302. The van der Waals surface area contributed by atoms with E-state index in [1.165, 1.54) is 12.1 Å². The fraction of sp³-hybridized carbons (Fsp3) is 0.500. The van der Waals surface area contributed by atoms with E-state index in [-0.39, 0.29) is 5.82 Å². The van der Waals surface area contributed by atoms with Crippen molar-refractivity contribution < 1.29 is 9.13 Å². The van der Waals surface area contributed by atoms with Gasteiger partial charge in [0.15, 0.2) is 0 Å². The van der Waals surface area contributed by atoms with Crippen molar-refractivity contribution in [3.05, 3.63) is 35.1 Å². The van der Waals surface area contributed by atoms with Crippen molar-refractivity contribution in [1.29, 1.82) is 0 Å². The van der Waals surface area contributed by atoms with E-state index in [9.17, 15) is 4.39 Å². The minimum atomic E-state index is -0.203. The van der Waals surface area contributed by atoms with Crippen LogP contribution in [0.5, 0.6) is 0 Å². The molecule has 0 aliphatic rings. The molecule has 0 aliphatic heterocycles. The van der Waals surface area contributed by atoms with Crippen LogP contribution < -0.4 is 5.32 Å². The first kappa shape index (κ1) is 12.1. The van der Waals surface area contributed by atoms with E-state index in [0.29, 0.717) is 13.2 Å². The summed E-state index contributed by atoms with van der Waals surface area (Å²) in [5, 5.41) is 3.16. The number of rotatable bonds is 6. The van der Waals surface area contributed by atoms with Crippen LogP contribution >= 0.6 is 0 Å². The van der Waals surface area contributed by atoms with Crippen molar-refractivity contribution in [2.45, 2.75) is 20.5 Å². The first-order chi connectivity index (χ1) is 7.24. The van der Waals surface area contributed by atoms with Crippen LogP contribution in [0.2, 0.25) is 0 Å². The predicted octanol–water partition coefficient (Wildman–Crippen LogP) is 2.26. The molecule has 3 heteroatoms. The van der Waals surface area contributed by atoms with Crippen LogP contribution in [0.3, 0.4) is 0 Å². The molecule has 0 unspecified atom stereocenters. The number of likely N-dealkylation sites (N-methyl/N-ethyl adjacent to an activating group) is 1. The molecule has 1 aromatic rings. The summed E-state index contributed by atoms with van der Waals surface area (Å²) in [6, 6.07) is 4.78. The minimum absolute atomic E-state index is 0.203. The third-order valence-corrected chi connectivity index (χ3v) is 2.24. The lowest BCUT2D eigenvalue weighted by Gasteiger charge is -2.07. The first-order valence-electron chi connectivity index (χ1n) is 5.27. The fourth-order valence-corrected chi connectivity index (χ4v) is 1.30. The van der Waals surface area contributed by atoms with Gasteiger partial charge in [0, 0.05) is 6.54 Å². The summed E-state index contributed by atoms with van der Waals surface area (Å²) in [6.45, 7) is 6.94. The molecule has 0 saturated heterocycles. The summed E-state index contributed by atoms with van der Waals surface area (Å²) >= 11 is 0. The molecule has 1 rings (SSSR count). The molecule has 1 N–H and O–H groups in total. The van der Waals surface area contributed by atoms with Crippen molar-refractivity contribution in [3.8, 4) is 0 Å². The Morgan fingerprint density at radius 3 is 2.93 bits per heavy atom. The van der Waals surface area contributed by atoms with E-state index in [2.05, 4.69) is 12.2 Å². The van der Waals surface area contributed by atoms with Gasteiger partial charge in [-0.25, -0.2) is 4.39 Å². The van der Waals surface area contributed by atoms with Crippen LogP contribution in [-0.2, 0) is 11.3 Å². The van der Waals surface area contributed by atoms with E-state index in [1.54, 1.807) is 6.07 Å². The van der Waals surface area contributed by atoms with E-state index in [1.807, 2.05) is 6.92 Å². The predicted molar refractivity (Wildman–Crippen MR) is 59.3 cm³/mol. The van der Waals surface area contributed by atoms with Gasteiger partial charge in [-0.05, 0) is 36.7 Å². The van der Waals surface area contributed by atoms with Gasteiger partial charge in [-0.1, -0.05) is 13.0 Å². The number of ether oxygens (including phenoxy) is 1. The number of halogens is 1. The summed E-state index contributed by atoms with van der Waals surface area (Å²) in [5.74, 6) is -0.203. The maximum absolute atomic E-state index is 12.9. The first-order valence-corrected chi connectivity index (χ1v) is 5.27. The quantitative estimate of drug-likeness (QED) is 0.729. The summed E-state index contributed by atoms with van der Waals surface area (Å²) in [4.78, 5) is 0. The Hall–Kier alpha value is -0.930. The highest BCUT2D eigenvalue weighted by molar-refractivity contribution is 5.25. The van der Waals surface area contributed by atoms with Crippen LogP contribution in [-0.4, -0.2) is 19.7 Å². The zero-order chi connectivity index (χ0) is 11.1. The van der Waals surface area contributed by atoms with Gasteiger partial charge in [-0.3, -0.25) is 0 Å². The lowest BCUT2D eigenvalue weighted by Crippen LogP contribution is -2.18. The van der Waals surface area contributed by atoms with Gasteiger partial charge >= 0.3 is 0 Å². The maximum atomic E-state index is 12.9. The smallest absolute Gasteiger partial charge is 0.123 e. The molecule has 0 radical (unpaired) electrons. The van der Waals surface area contributed by atoms with Gasteiger partial charge in [-0.15, -0.1) is 0 Å². The topological polar surface area (TPSA) is 21.3 Å². The summed E-state index contributed by atoms with van der Waals surface area (Å²) in [5.41, 5.74) is 1.99. The van der Waals surface area contributed by atoms with E-state index in [4.69, 9.17) is 4.74 Å². The molecule has 0 aliphatic carbocycles. The Kier molecular flexibility index (Phi) is 5.29. The number of benzene rings is 1. The van der Waals surface area contributed by atoms with Gasteiger partial charge < -0.3 is 10.1 Å². The molecule has 0 aromatic heterocycles. The number of nitrogens with one attached hydrogen (secondary N) is 1. The lowest BCUT2D eigenvalue weighted by molar-refractivity contribution is 0.122. The standard InChI is InChI=1S/C12H18FNO/c1-3-14-6-7-15-9-11-8-12(13)5-4-10(11)2/h4-5,8,14H,3,6-7,9H2,1-2H3. The zero-order valence-corrected chi connectivity index (χ0v) is 9.35. The molecule has 0 spiro atoms. The highest BCUT2D eigenvalue weighted by Crippen LogP contribution is 2.10. The highest BCUT2D eigenvalue weighted by atomic mass is 19.1. The average Bonchev–Trinajstić information content (AvgIpc) is 2.23. The van der Waals surface area contributed by atoms with Gasteiger partial charge in [0.2, 0.25) is 0 Å². The van der Waals surface area contributed by atoms with Crippen molar-refractivity contribution in [3.63, 3.8) is 0 Å². The van der Waals surface area contributed by atoms with E-state index >= 15 is 0 Å². The van der Waals surface area contributed by atoms with Gasteiger partial charge in [0.25, 0.3) is 0 Å². The molecule has 0 amide bonds. The second-order valence-electron chi connectivity index (χ2n) is 3.48. The Balaban J connectivity index is 2.33. The molecule has 84 valence electrons. The Labute approximate surface area is 90.4 Å². The Morgan fingerprint density at radius 1 is 1.40 bits per heavy atom. The highest BCUT2D eigenvalue weighted by Gasteiger charge is 2.00. The molecule has 2 nitrogen and oxygen atoms in total. The van der Waals surface area contributed by atoms with Gasteiger partial charge in [-0.2, -0.15) is 0 Å². The molecular weight excluding hydrogens is 193 g/mol. The van der Waals surface area contributed by atoms with E-state index in [0.717, 1.165) is 24.2 Å². The number of hydrogen-bond acceptors (Lipinski definition) is 2. The Morgan fingerprint density at radius 2 is 2.20 bits per heavy atom. The van der Waals surface area contributed by atoms with Gasteiger partial charge in [0.05, 0.1) is 13.2 Å². The summed E-state index contributed by atoms with van der Waals surface area (Å²) < 4.78 is 18.3. The molecular formula is C12H18FNO. The average molecular weight is 211 g/mol. The second-order valence-corrected chi connectivity index (χ2v) is 3.48. The van der Waals surface area contributed by atoms with Crippen molar-refractivity contribution in [1.82, 2.24) is 5.32 Å². The number of hydrogen-bond donors (Lipinski definition) is 1. The van der Waals surface area contributed by atoms with Crippen LogP contribution in [0.15, 0.2) is 18.2 Å². The fourth-order valence-electron chi connectivity index (χ4n) is 1.30. The molecule has 0 atom stereocenters. The monoisotopic (exact) mass is 211 g/mol. The normalized spacial score (nSPS) is 10.6. The third kappa shape index (κ3) is 4.40. The van der Waals surface area contributed by atoms with Crippen molar-refractivity contribution in [2.75, 3.05) is 19.7 Å². The largest absolute Gasteiger partial charge is 0.375 e. The third-order valence-electron chi connectivity index (χ3n) is 2.24. The number of aryl methyl sites for hydroxylation is 1. The SMILES string of the molecule is CCNCCOCc1cc(F)ccc1C. The van der Waals surface area contributed by atoms with Crippen LogP contribution in [0.1, 0.15) is 18.1 Å². The van der Waals surface area contributed by atoms with Crippen LogP contribution in [0, 0.1) is 12.7 Å². The van der Waals surface area contributed by atoms with Gasteiger partial charge in [0.1, 0.15) is 5.82 Å². The van der Waals surface area contributed by atoms with Crippen molar-refractivity contribution in [2.24, 2.45) is 0 Å². The van der Waals surface area contributed by atoms with E-state index < -0.39 is 0 Å². The molecule has 0 bridgehead atoms. The molecule has 0 fully saturated rings. The lowest BCUT2D eigenvalue weighted by atomic mass is 10.1. The minimum Gasteiger partial charge on any atom is -0.375 e. The van der Waals surface area contributed by atoms with Crippen molar-refractivity contribution >= 4 is 0 Å². The van der Waals surface area contributed by atoms with Crippen LogP contribution in [0.25, 0.3) is 0 Å². The molecule has 0 saturated carbocycles. The van der Waals surface area contributed by atoms with Crippen LogP contribution in [0.4, 0.5) is 4.39 Å². The summed E-state index contributed by atoms with van der Waals surface area (Å²) in [6.07, 6.45) is 0. The summed E-state index contributed by atoms with van der Waals surface area (Å²) in [7, 11) is 0. The molecule has 0 heterocycles. The molecule has 1 aromatic carbocycles. The zero-order valence-electron chi connectivity index (χ0n) is 9.35.